The van der Waals surface area contributed by atoms with E-state index in [1.807, 2.05) is 0 Å². The van der Waals surface area contributed by atoms with Gasteiger partial charge >= 0.3 is 0 Å². The Hall–Kier alpha value is -0.670. The van der Waals surface area contributed by atoms with E-state index in [9.17, 15) is 0 Å². The van der Waals surface area contributed by atoms with Gasteiger partial charge in [-0.15, -0.1) is 0 Å². The number of nitrogens with zero attached hydrogens (tertiary/aromatic N) is 1. The summed E-state index contributed by atoms with van der Waals surface area (Å²) >= 11 is 2.09. The van der Waals surface area contributed by atoms with Crippen LogP contribution >= 0.6 is 11.8 Å². The third kappa shape index (κ3) is 4.25. The van der Waals surface area contributed by atoms with E-state index in [-0.39, 0.29) is 0 Å². The van der Waals surface area contributed by atoms with E-state index < -0.39 is 0 Å². The maximum Gasteiger partial charge on any atom is 0.0340 e. The third-order valence-corrected chi connectivity index (χ3v) is 4.46. The number of para-hydroxylation sites is 1. The average Bonchev–Trinajstić information content (AvgIpc) is 2.89. The minimum Gasteiger partial charge on any atom is -0.385 e. The van der Waals surface area contributed by atoms with Crippen LogP contribution in [0.4, 0.5) is 5.69 Å². The Balaban J connectivity index is 1.59. The molecule has 2 nitrogen and oxygen atoms in total. The predicted octanol–water partition coefficient (Wildman–Crippen LogP) is 2.93. The van der Waals surface area contributed by atoms with E-state index in [1.165, 1.54) is 36.6 Å². The lowest BCUT2D eigenvalue weighted by Crippen LogP contribution is -2.33. The van der Waals surface area contributed by atoms with E-state index in [4.69, 9.17) is 0 Å². The van der Waals surface area contributed by atoms with Gasteiger partial charge in [-0.3, -0.25) is 0 Å². The van der Waals surface area contributed by atoms with E-state index >= 15 is 0 Å². The molecule has 1 atom stereocenters. The summed E-state index contributed by atoms with van der Waals surface area (Å²) in [6, 6.07) is 11.3. The monoisotopic (exact) mass is 250 g/mol. The van der Waals surface area contributed by atoms with E-state index in [2.05, 4.69) is 59.4 Å². The fourth-order valence-electron chi connectivity index (χ4n) is 2.17. The summed E-state index contributed by atoms with van der Waals surface area (Å²) < 4.78 is 0. The van der Waals surface area contributed by atoms with Crippen LogP contribution in [0.1, 0.15) is 12.8 Å². The highest BCUT2D eigenvalue weighted by Crippen LogP contribution is 2.21. The average molecular weight is 250 g/mol. The van der Waals surface area contributed by atoms with Gasteiger partial charge in [0, 0.05) is 24.0 Å². The van der Waals surface area contributed by atoms with Crippen LogP contribution < -0.4 is 5.32 Å². The summed E-state index contributed by atoms with van der Waals surface area (Å²) in [5.74, 6) is 2.67. The lowest BCUT2D eigenvalue weighted by atomic mass is 10.2. The summed E-state index contributed by atoms with van der Waals surface area (Å²) in [5, 5.41) is 3.46. The summed E-state index contributed by atoms with van der Waals surface area (Å²) in [5.41, 5.74) is 1.23. The van der Waals surface area contributed by atoms with Crippen LogP contribution in [0.2, 0.25) is 0 Å². The third-order valence-electron chi connectivity index (χ3n) is 3.32. The molecule has 1 aliphatic heterocycles. The van der Waals surface area contributed by atoms with Crippen LogP contribution in [0.3, 0.4) is 0 Å². The summed E-state index contributed by atoms with van der Waals surface area (Å²) in [6.07, 6.45) is 2.58. The van der Waals surface area contributed by atoms with Crippen LogP contribution in [0.5, 0.6) is 0 Å². The van der Waals surface area contributed by atoms with Crippen LogP contribution in [0.25, 0.3) is 0 Å². The first-order valence-electron chi connectivity index (χ1n) is 6.43. The van der Waals surface area contributed by atoms with Crippen molar-refractivity contribution in [3.63, 3.8) is 0 Å². The summed E-state index contributed by atoms with van der Waals surface area (Å²) in [4.78, 5) is 2.52. The largest absolute Gasteiger partial charge is 0.385 e. The minimum absolute atomic E-state index is 0.816. The molecule has 1 aliphatic rings. The zero-order chi connectivity index (χ0) is 11.9. The van der Waals surface area contributed by atoms with Gasteiger partial charge in [0.15, 0.2) is 0 Å². The first-order valence-corrected chi connectivity index (χ1v) is 7.58. The van der Waals surface area contributed by atoms with Crippen molar-refractivity contribution in [2.24, 2.45) is 0 Å². The Morgan fingerprint density at radius 2 is 2.18 bits per heavy atom. The van der Waals surface area contributed by atoms with E-state index in [0.29, 0.717) is 0 Å². The van der Waals surface area contributed by atoms with Crippen molar-refractivity contribution in [2.45, 2.75) is 18.9 Å². The molecule has 1 fully saturated rings. The first kappa shape index (κ1) is 12.8. The lowest BCUT2D eigenvalue weighted by Gasteiger charge is -2.23. The molecule has 2 rings (SSSR count). The minimum atomic E-state index is 0.816. The Morgan fingerprint density at radius 1 is 1.35 bits per heavy atom. The molecule has 0 amide bonds. The highest BCUT2D eigenvalue weighted by Gasteiger charge is 2.18. The second kappa shape index (κ2) is 6.92. The number of rotatable bonds is 6. The SMILES string of the molecule is CN(CCCNc1ccccc1)C1CCSC1. The van der Waals surface area contributed by atoms with Crippen molar-refractivity contribution >= 4 is 17.4 Å². The predicted molar refractivity (Wildman–Crippen MR) is 77.9 cm³/mol. The summed E-state index contributed by atoms with van der Waals surface area (Å²) in [6.45, 7) is 2.26. The maximum absolute atomic E-state index is 3.46. The molecule has 1 aromatic carbocycles. The number of anilines is 1. The molecule has 0 aliphatic carbocycles. The second-order valence-corrected chi connectivity index (χ2v) is 5.79. The van der Waals surface area contributed by atoms with Crippen LogP contribution in [-0.4, -0.2) is 42.6 Å². The van der Waals surface area contributed by atoms with Crippen molar-refractivity contribution in [1.82, 2.24) is 4.90 Å². The Bertz CT molecular complexity index is 309. The smallest absolute Gasteiger partial charge is 0.0340 e. The molecule has 0 spiro atoms. The fraction of sp³-hybridized carbons (Fsp3) is 0.571. The van der Waals surface area contributed by atoms with Gasteiger partial charge in [-0.25, -0.2) is 0 Å². The first-order chi connectivity index (χ1) is 8.36. The van der Waals surface area contributed by atoms with E-state index in [0.717, 1.165) is 12.6 Å². The highest BCUT2D eigenvalue weighted by molar-refractivity contribution is 7.99. The molecule has 1 saturated heterocycles. The number of thioether (sulfide) groups is 1. The van der Waals surface area contributed by atoms with Gasteiger partial charge < -0.3 is 10.2 Å². The van der Waals surface area contributed by atoms with E-state index in [1.54, 1.807) is 0 Å². The molecule has 1 aromatic rings. The molecule has 3 heteroatoms. The lowest BCUT2D eigenvalue weighted by molar-refractivity contribution is 0.262. The number of hydrogen-bond acceptors (Lipinski definition) is 3. The van der Waals surface area contributed by atoms with Gasteiger partial charge in [0.1, 0.15) is 0 Å². The zero-order valence-corrected chi connectivity index (χ0v) is 11.4. The summed E-state index contributed by atoms with van der Waals surface area (Å²) in [7, 11) is 2.26. The molecule has 0 radical (unpaired) electrons. The number of benzene rings is 1. The van der Waals surface area contributed by atoms with Crippen molar-refractivity contribution in [1.29, 1.82) is 0 Å². The van der Waals surface area contributed by atoms with Gasteiger partial charge in [-0.1, -0.05) is 18.2 Å². The van der Waals surface area contributed by atoms with Gasteiger partial charge in [-0.05, 0) is 44.3 Å². The molecule has 0 saturated carbocycles. The Morgan fingerprint density at radius 3 is 2.88 bits per heavy atom. The Kier molecular flexibility index (Phi) is 5.20. The molecule has 1 N–H and O–H groups in total. The van der Waals surface area contributed by atoms with Crippen molar-refractivity contribution in [3.8, 4) is 0 Å². The fourth-order valence-corrected chi connectivity index (χ4v) is 3.47. The molecule has 1 unspecified atom stereocenters. The van der Waals surface area contributed by atoms with Crippen molar-refractivity contribution < 1.29 is 0 Å². The topological polar surface area (TPSA) is 15.3 Å². The van der Waals surface area contributed by atoms with Gasteiger partial charge in [0.25, 0.3) is 0 Å². The standard InChI is InChI=1S/C14H22N2S/c1-16(14-8-11-17-12-14)10-5-9-15-13-6-3-2-4-7-13/h2-4,6-7,14-15H,5,8-12H2,1H3. The zero-order valence-electron chi connectivity index (χ0n) is 10.6. The number of nitrogens with one attached hydrogen (secondary N) is 1. The maximum atomic E-state index is 3.46. The molecular formula is C14H22N2S. The van der Waals surface area contributed by atoms with Crippen LogP contribution in [0, 0.1) is 0 Å². The Labute approximate surface area is 109 Å². The highest BCUT2D eigenvalue weighted by atomic mass is 32.2. The quantitative estimate of drug-likeness (QED) is 0.782. The van der Waals surface area contributed by atoms with Crippen LogP contribution in [-0.2, 0) is 0 Å². The molecule has 0 aromatic heterocycles. The molecule has 0 bridgehead atoms. The molecule has 94 valence electrons. The van der Waals surface area contributed by atoms with Gasteiger partial charge in [-0.2, -0.15) is 11.8 Å². The molecule has 17 heavy (non-hydrogen) atoms. The van der Waals surface area contributed by atoms with Gasteiger partial charge in [0.2, 0.25) is 0 Å². The second-order valence-electron chi connectivity index (χ2n) is 4.64. The van der Waals surface area contributed by atoms with Crippen LogP contribution in [0.15, 0.2) is 30.3 Å². The molecule has 1 heterocycles. The van der Waals surface area contributed by atoms with Gasteiger partial charge in [0.05, 0.1) is 0 Å². The van der Waals surface area contributed by atoms with Crippen molar-refractivity contribution in [3.05, 3.63) is 30.3 Å². The van der Waals surface area contributed by atoms with Crippen molar-refractivity contribution in [2.75, 3.05) is 37.0 Å². The number of hydrogen-bond donors (Lipinski definition) is 1. The normalized spacial score (nSPS) is 19.8. The molecular weight excluding hydrogens is 228 g/mol.